The van der Waals surface area contributed by atoms with Gasteiger partial charge in [-0.2, -0.15) is 11.8 Å². The maximum Gasteiger partial charge on any atom is 0.251 e. The maximum absolute atomic E-state index is 12.5. The minimum Gasteiger partial charge on any atom is -0.508 e. The summed E-state index contributed by atoms with van der Waals surface area (Å²) in [7, 11) is 0. The quantitative estimate of drug-likeness (QED) is 0.360. The van der Waals surface area contributed by atoms with Gasteiger partial charge in [0.2, 0.25) is 5.91 Å². The molecule has 26 heavy (non-hydrogen) atoms. The largest absolute Gasteiger partial charge is 0.508 e. The first-order valence-electron chi connectivity index (χ1n) is 8.35. The highest BCUT2D eigenvalue weighted by Crippen LogP contribution is 2.24. The molecule has 8 heteroatoms. The number of nitrogens with zero attached hydrogens (tertiary/aromatic N) is 1. The van der Waals surface area contributed by atoms with Crippen LogP contribution in [0, 0.1) is 0 Å². The summed E-state index contributed by atoms with van der Waals surface area (Å²) in [6, 6.07) is 7.79. The monoisotopic (exact) mass is 393 g/mol. The van der Waals surface area contributed by atoms with Crippen molar-refractivity contribution in [3.63, 3.8) is 0 Å². The first-order chi connectivity index (χ1) is 12.4. The van der Waals surface area contributed by atoms with Crippen molar-refractivity contribution in [1.29, 1.82) is 0 Å². The van der Waals surface area contributed by atoms with E-state index in [-0.39, 0.29) is 22.5 Å². The molecule has 0 aliphatic rings. The van der Waals surface area contributed by atoms with Gasteiger partial charge >= 0.3 is 0 Å². The number of amides is 1. The first-order valence-corrected chi connectivity index (χ1v) is 10.3. The van der Waals surface area contributed by atoms with Gasteiger partial charge in [-0.1, -0.05) is 32.5 Å². The fourth-order valence-corrected chi connectivity index (χ4v) is 3.67. The van der Waals surface area contributed by atoms with Gasteiger partial charge in [0.25, 0.3) is 5.56 Å². The van der Waals surface area contributed by atoms with Gasteiger partial charge in [0.15, 0.2) is 5.16 Å². The minimum absolute atomic E-state index is 0.141. The van der Waals surface area contributed by atoms with E-state index in [9.17, 15) is 14.7 Å². The number of thioether (sulfide) groups is 2. The van der Waals surface area contributed by atoms with Gasteiger partial charge in [0.05, 0.1) is 10.9 Å². The molecule has 1 amide bonds. The number of hydrogen-bond acceptors (Lipinski definition) is 6. The molecule has 0 saturated heterocycles. The lowest BCUT2D eigenvalue weighted by molar-refractivity contribution is -0.115. The fraction of sp³-hybridized carbons (Fsp3) is 0.389. The van der Waals surface area contributed by atoms with Crippen LogP contribution in [0.4, 0.5) is 5.69 Å². The summed E-state index contributed by atoms with van der Waals surface area (Å²) < 4.78 is 0. The summed E-state index contributed by atoms with van der Waals surface area (Å²) >= 11 is 2.96. The third-order valence-electron chi connectivity index (χ3n) is 3.39. The number of rotatable bonds is 8. The molecule has 6 nitrogen and oxygen atoms in total. The summed E-state index contributed by atoms with van der Waals surface area (Å²) in [5.74, 6) is 0.626. The van der Waals surface area contributed by atoms with E-state index in [0.717, 1.165) is 0 Å². The highest BCUT2D eigenvalue weighted by molar-refractivity contribution is 8.00. The number of benzene rings is 1. The molecule has 0 fully saturated rings. The lowest BCUT2D eigenvalue weighted by Crippen LogP contribution is -2.25. The Labute approximate surface area is 161 Å². The number of H-pyrrole nitrogens is 1. The average molecular weight is 394 g/mol. The van der Waals surface area contributed by atoms with E-state index in [1.54, 1.807) is 23.9 Å². The highest BCUT2D eigenvalue weighted by atomic mass is 32.2. The van der Waals surface area contributed by atoms with E-state index in [1.165, 1.54) is 30.0 Å². The molecule has 1 atom stereocenters. The van der Waals surface area contributed by atoms with Gasteiger partial charge in [-0.05, 0) is 35.9 Å². The molecule has 2 rings (SSSR count). The van der Waals surface area contributed by atoms with E-state index in [2.05, 4.69) is 29.1 Å². The van der Waals surface area contributed by atoms with E-state index in [1.807, 2.05) is 6.92 Å². The smallest absolute Gasteiger partial charge is 0.251 e. The summed E-state index contributed by atoms with van der Waals surface area (Å²) in [5, 5.41) is 12.6. The number of hydrogen-bond donors (Lipinski definition) is 3. The zero-order valence-electron chi connectivity index (χ0n) is 15.0. The Morgan fingerprint density at radius 1 is 1.31 bits per heavy atom. The molecule has 3 N–H and O–H groups in total. The van der Waals surface area contributed by atoms with Crippen LogP contribution in [0.3, 0.4) is 0 Å². The van der Waals surface area contributed by atoms with Crippen molar-refractivity contribution in [2.45, 2.75) is 48.6 Å². The summed E-state index contributed by atoms with van der Waals surface area (Å²) in [5.41, 5.74) is 1.11. The third kappa shape index (κ3) is 6.42. The predicted molar refractivity (Wildman–Crippen MR) is 108 cm³/mol. The molecule has 0 aliphatic carbocycles. The molecular formula is C18H23N3O3S2. The normalized spacial score (nSPS) is 12.2. The molecule has 1 heterocycles. The van der Waals surface area contributed by atoms with Crippen molar-refractivity contribution in [3.05, 3.63) is 46.4 Å². The van der Waals surface area contributed by atoms with Gasteiger partial charge in [-0.3, -0.25) is 9.59 Å². The molecular weight excluding hydrogens is 370 g/mol. The van der Waals surface area contributed by atoms with Crippen LogP contribution in [0.25, 0.3) is 0 Å². The van der Waals surface area contributed by atoms with E-state index < -0.39 is 0 Å². The molecule has 1 aromatic carbocycles. The SMILES string of the molecule is CCC(Sc1nc(CSC(C)C)cc(=O)[nH]1)C(=O)Nc1ccc(O)cc1. The average Bonchev–Trinajstić information content (AvgIpc) is 2.59. The van der Waals surface area contributed by atoms with Crippen LogP contribution in [-0.4, -0.2) is 31.5 Å². The first kappa shape index (κ1) is 20.4. The van der Waals surface area contributed by atoms with Crippen LogP contribution in [0.5, 0.6) is 5.75 Å². The molecule has 0 saturated carbocycles. The zero-order valence-corrected chi connectivity index (χ0v) is 16.6. The van der Waals surface area contributed by atoms with E-state index >= 15 is 0 Å². The van der Waals surface area contributed by atoms with Crippen molar-refractivity contribution in [3.8, 4) is 5.75 Å². The van der Waals surface area contributed by atoms with Gasteiger partial charge < -0.3 is 15.4 Å². The number of carbonyl (C=O) groups is 1. The van der Waals surface area contributed by atoms with Crippen molar-refractivity contribution >= 4 is 35.1 Å². The summed E-state index contributed by atoms with van der Waals surface area (Å²) in [6.45, 7) is 6.09. The molecule has 1 unspecified atom stereocenters. The Hall–Kier alpha value is -1.93. The summed E-state index contributed by atoms with van der Waals surface area (Å²) in [4.78, 5) is 31.5. The van der Waals surface area contributed by atoms with Crippen LogP contribution in [0.1, 0.15) is 32.9 Å². The lowest BCUT2D eigenvalue weighted by Gasteiger charge is -2.14. The van der Waals surface area contributed by atoms with Crippen LogP contribution in [0.15, 0.2) is 40.3 Å². The fourth-order valence-electron chi connectivity index (χ4n) is 2.09. The minimum atomic E-state index is -0.389. The number of aromatic nitrogens is 2. The lowest BCUT2D eigenvalue weighted by atomic mass is 10.2. The second-order valence-electron chi connectivity index (χ2n) is 5.95. The van der Waals surface area contributed by atoms with Crippen LogP contribution >= 0.6 is 23.5 Å². The predicted octanol–water partition coefficient (Wildman–Crippen LogP) is 3.63. The molecule has 140 valence electrons. The van der Waals surface area contributed by atoms with Crippen LogP contribution in [-0.2, 0) is 10.5 Å². The Bertz CT molecular complexity index is 791. The van der Waals surface area contributed by atoms with Gasteiger partial charge in [-0.25, -0.2) is 4.98 Å². The number of phenols is 1. The zero-order chi connectivity index (χ0) is 19.1. The number of nitrogens with one attached hydrogen (secondary N) is 2. The Morgan fingerprint density at radius 3 is 2.62 bits per heavy atom. The third-order valence-corrected chi connectivity index (χ3v) is 5.77. The van der Waals surface area contributed by atoms with E-state index in [0.29, 0.717) is 34.0 Å². The molecule has 0 radical (unpaired) electrons. The molecule has 1 aromatic heterocycles. The highest BCUT2D eigenvalue weighted by Gasteiger charge is 2.20. The van der Waals surface area contributed by atoms with E-state index in [4.69, 9.17) is 0 Å². The number of carbonyl (C=O) groups excluding carboxylic acids is 1. The van der Waals surface area contributed by atoms with Gasteiger partial charge in [-0.15, -0.1) is 0 Å². The number of phenolic OH excluding ortho intramolecular Hbond substituents is 1. The molecule has 0 bridgehead atoms. The Balaban J connectivity index is 2.07. The van der Waals surface area contributed by atoms with Crippen molar-refractivity contribution in [1.82, 2.24) is 9.97 Å². The van der Waals surface area contributed by atoms with Crippen LogP contribution in [0.2, 0.25) is 0 Å². The second-order valence-corrected chi connectivity index (χ2v) is 8.71. The van der Waals surface area contributed by atoms with Gasteiger partial charge in [0.1, 0.15) is 5.75 Å². The standard InChI is InChI=1S/C18H23N3O3S2/c1-4-15(17(24)19-12-5-7-14(22)8-6-12)26-18-20-13(9-16(23)21-18)10-25-11(2)3/h5-9,11,15,22H,4,10H2,1-3H3,(H,19,24)(H,20,21,23). The van der Waals surface area contributed by atoms with Crippen molar-refractivity contribution in [2.75, 3.05) is 5.32 Å². The van der Waals surface area contributed by atoms with Crippen molar-refractivity contribution in [2.24, 2.45) is 0 Å². The van der Waals surface area contributed by atoms with Crippen molar-refractivity contribution < 1.29 is 9.90 Å². The Kier molecular flexibility index (Phi) is 7.59. The second kappa shape index (κ2) is 9.68. The summed E-state index contributed by atoms with van der Waals surface area (Å²) in [6.07, 6.45) is 0.587. The van der Waals surface area contributed by atoms with Crippen LogP contribution < -0.4 is 10.9 Å². The number of aromatic hydroxyl groups is 1. The van der Waals surface area contributed by atoms with Gasteiger partial charge in [0, 0.05) is 17.5 Å². The number of aromatic amines is 1. The molecule has 2 aromatic rings. The molecule has 0 aliphatic heterocycles. The number of anilines is 1. The maximum atomic E-state index is 12.5. The Morgan fingerprint density at radius 2 is 2.00 bits per heavy atom. The molecule has 0 spiro atoms. The topological polar surface area (TPSA) is 95.1 Å².